The van der Waals surface area contributed by atoms with E-state index in [1.807, 2.05) is 42.5 Å². The molecule has 0 heterocycles. The Hall–Kier alpha value is -3.02. The Morgan fingerprint density at radius 3 is 2.41 bits per heavy atom. The first-order valence-electron chi connectivity index (χ1n) is 9.95. The third kappa shape index (κ3) is 6.82. The lowest BCUT2D eigenvalue weighted by Crippen LogP contribution is -2.45. The molecule has 0 aliphatic carbocycles. The summed E-state index contributed by atoms with van der Waals surface area (Å²) in [6, 6.07) is 18.4. The van der Waals surface area contributed by atoms with Crippen LogP contribution >= 0.6 is 0 Å². The van der Waals surface area contributed by atoms with Gasteiger partial charge in [-0.05, 0) is 43.2 Å². The number of para-hydroxylation sites is 1. The molecule has 0 aliphatic rings. The number of nitrogens with one attached hydrogen (secondary N) is 2. The first-order chi connectivity index (χ1) is 13.9. The fourth-order valence-corrected chi connectivity index (χ4v) is 2.96. The highest BCUT2D eigenvalue weighted by Gasteiger charge is 2.11. The normalized spacial score (nSPS) is 12.2. The second-order valence-electron chi connectivity index (χ2n) is 7.33. The van der Waals surface area contributed by atoms with Crippen LogP contribution < -0.4 is 15.5 Å². The van der Waals surface area contributed by atoms with E-state index in [0.717, 1.165) is 31.0 Å². The molecule has 1 atom stereocenters. The Morgan fingerprint density at radius 1 is 1.03 bits per heavy atom. The third-order valence-electron chi connectivity index (χ3n) is 4.90. The van der Waals surface area contributed by atoms with Crippen LogP contribution in [0, 0.1) is 0 Å². The highest BCUT2D eigenvalue weighted by atomic mass is 16.2. The Bertz CT molecular complexity index is 804. The van der Waals surface area contributed by atoms with Crippen molar-refractivity contribution in [2.75, 3.05) is 46.2 Å². The first kappa shape index (κ1) is 22.3. The van der Waals surface area contributed by atoms with Crippen LogP contribution in [0.5, 0.6) is 0 Å². The smallest absolute Gasteiger partial charge is 0.253 e. The monoisotopic (exact) mass is 395 g/mol. The molecule has 0 fully saturated rings. The van der Waals surface area contributed by atoms with Crippen molar-refractivity contribution < 1.29 is 4.79 Å². The van der Waals surface area contributed by atoms with Crippen LogP contribution in [-0.4, -0.2) is 64.1 Å². The number of amides is 1. The molecule has 2 aromatic rings. The van der Waals surface area contributed by atoms with E-state index in [-0.39, 0.29) is 5.91 Å². The molecule has 0 bridgehead atoms. The van der Waals surface area contributed by atoms with Gasteiger partial charge in [-0.25, -0.2) is 0 Å². The summed E-state index contributed by atoms with van der Waals surface area (Å²) in [5.74, 6) is 0.799. The minimum atomic E-state index is 0.0220. The summed E-state index contributed by atoms with van der Waals surface area (Å²) in [6.07, 6.45) is 0.814. The van der Waals surface area contributed by atoms with Crippen molar-refractivity contribution in [3.05, 3.63) is 65.7 Å². The molecule has 0 saturated heterocycles. The van der Waals surface area contributed by atoms with E-state index in [0.29, 0.717) is 11.6 Å². The van der Waals surface area contributed by atoms with Crippen LogP contribution in [0.3, 0.4) is 0 Å². The summed E-state index contributed by atoms with van der Waals surface area (Å²) in [7, 11) is 7.40. The fraction of sp³-hybridized carbons (Fsp3) is 0.391. The van der Waals surface area contributed by atoms with Gasteiger partial charge in [-0.2, -0.15) is 0 Å². The van der Waals surface area contributed by atoms with Crippen molar-refractivity contribution >= 4 is 17.6 Å². The average Bonchev–Trinajstić information content (AvgIpc) is 2.75. The van der Waals surface area contributed by atoms with Crippen LogP contribution in [0.15, 0.2) is 59.6 Å². The second-order valence-corrected chi connectivity index (χ2v) is 7.33. The molecule has 0 spiro atoms. The van der Waals surface area contributed by atoms with E-state index in [4.69, 9.17) is 0 Å². The number of hydrogen-bond acceptors (Lipinski definition) is 3. The maximum absolute atomic E-state index is 12.1. The molecule has 2 rings (SSSR count). The summed E-state index contributed by atoms with van der Waals surface area (Å²) >= 11 is 0. The zero-order chi connectivity index (χ0) is 21.2. The maximum atomic E-state index is 12.1. The fourth-order valence-electron chi connectivity index (χ4n) is 2.96. The highest BCUT2D eigenvalue weighted by molar-refractivity contribution is 5.94. The Labute approximate surface area is 174 Å². The Kier molecular flexibility index (Phi) is 8.52. The predicted octanol–water partition coefficient (Wildman–Crippen LogP) is 2.62. The largest absolute Gasteiger partial charge is 0.370 e. The Balaban J connectivity index is 1.81. The molecule has 2 aromatic carbocycles. The number of carbonyl (C=O) groups excluding carboxylic acids is 1. The molecular weight excluding hydrogens is 362 g/mol. The van der Waals surface area contributed by atoms with Gasteiger partial charge in [0.25, 0.3) is 5.91 Å². The molecule has 1 unspecified atom stereocenters. The lowest BCUT2D eigenvalue weighted by atomic mass is 10.1. The number of anilines is 1. The van der Waals surface area contributed by atoms with E-state index in [1.54, 1.807) is 26.0 Å². The number of likely N-dealkylation sites (N-methyl/N-ethyl adjacent to an activating group) is 1. The van der Waals surface area contributed by atoms with E-state index in [1.165, 1.54) is 5.69 Å². The molecule has 0 radical (unpaired) electrons. The molecule has 6 heteroatoms. The van der Waals surface area contributed by atoms with Gasteiger partial charge in [-0.15, -0.1) is 0 Å². The van der Waals surface area contributed by atoms with Crippen molar-refractivity contribution in [3.63, 3.8) is 0 Å². The summed E-state index contributed by atoms with van der Waals surface area (Å²) in [5, 5.41) is 6.74. The summed E-state index contributed by atoms with van der Waals surface area (Å²) in [5.41, 5.74) is 3.03. The van der Waals surface area contributed by atoms with Crippen molar-refractivity contribution in [1.29, 1.82) is 0 Å². The SMILES string of the molecule is CN=C(NCCc1cccc(C(=O)N(C)C)c1)NCC(C)N(C)c1ccccc1. The van der Waals surface area contributed by atoms with Crippen LogP contribution in [0.4, 0.5) is 5.69 Å². The molecule has 2 N–H and O–H groups in total. The van der Waals surface area contributed by atoms with Gasteiger partial charge >= 0.3 is 0 Å². The number of guanidine groups is 1. The Morgan fingerprint density at radius 2 is 1.76 bits per heavy atom. The van der Waals surface area contributed by atoms with E-state index >= 15 is 0 Å². The lowest BCUT2D eigenvalue weighted by Gasteiger charge is -2.27. The quantitative estimate of drug-likeness (QED) is 0.533. The summed E-state index contributed by atoms with van der Waals surface area (Å²) in [6.45, 7) is 3.70. The van der Waals surface area contributed by atoms with Crippen molar-refractivity contribution in [1.82, 2.24) is 15.5 Å². The van der Waals surface area contributed by atoms with Crippen LogP contribution in [-0.2, 0) is 6.42 Å². The van der Waals surface area contributed by atoms with Crippen molar-refractivity contribution in [2.24, 2.45) is 4.99 Å². The van der Waals surface area contributed by atoms with Gasteiger partial charge in [-0.3, -0.25) is 9.79 Å². The third-order valence-corrected chi connectivity index (χ3v) is 4.90. The van der Waals surface area contributed by atoms with Gasteiger partial charge in [-0.1, -0.05) is 30.3 Å². The standard InChI is InChI=1S/C23H33N5O/c1-18(28(5)21-12-7-6-8-13-21)17-26-23(24-2)25-15-14-19-10-9-11-20(16-19)22(29)27(3)4/h6-13,16,18H,14-15,17H2,1-5H3,(H2,24,25,26). The van der Waals surface area contributed by atoms with Crippen LogP contribution in [0.25, 0.3) is 0 Å². The molecule has 0 aliphatic heterocycles. The predicted molar refractivity (Wildman–Crippen MR) is 122 cm³/mol. The molecule has 0 aromatic heterocycles. The number of carbonyl (C=O) groups is 1. The number of aliphatic imine (C=N–C) groups is 1. The lowest BCUT2D eigenvalue weighted by molar-refractivity contribution is 0.0827. The van der Waals surface area contributed by atoms with E-state index in [2.05, 4.69) is 46.6 Å². The zero-order valence-electron chi connectivity index (χ0n) is 18.1. The topological polar surface area (TPSA) is 60.0 Å². The molecule has 29 heavy (non-hydrogen) atoms. The zero-order valence-corrected chi connectivity index (χ0v) is 18.1. The van der Waals surface area contributed by atoms with Crippen LogP contribution in [0.2, 0.25) is 0 Å². The van der Waals surface area contributed by atoms with Gasteiger partial charge < -0.3 is 20.4 Å². The van der Waals surface area contributed by atoms with Gasteiger partial charge in [0.05, 0.1) is 0 Å². The second kappa shape index (κ2) is 11.1. The van der Waals surface area contributed by atoms with Crippen molar-refractivity contribution in [3.8, 4) is 0 Å². The van der Waals surface area contributed by atoms with Gasteiger partial charge in [0, 0.05) is 58.6 Å². The maximum Gasteiger partial charge on any atom is 0.253 e. The van der Waals surface area contributed by atoms with Gasteiger partial charge in [0.15, 0.2) is 5.96 Å². The minimum Gasteiger partial charge on any atom is -0.370 e. The highest BCUT2D eigenvalue weighted by Crippen LogP contribution is 2.13. The average molecular weight is 396 g/mol. The van der Waals surface area contributed by atoms with Crippen LogP contribution in [0.1, 0.15) is 22.8 Å². The van der Waals surface area contributed by atoms with E-state index in [9.17, 15) is 4.79 Å². The van der Waals surface area contributed by atoms with Gasteiger partial charge in [0.1, 0.15) is 0 Å². The summed E-state index contributed by atoms with van der Waals surface area (Å²) < 4.78 is 0. The molecular formula is C23H33N5O. The number of nitrogens with zero attached hydrogens (tertiary/aromatic N) is 3. The molecule has 0 saturated carbocycles. The number of rotatable bonds is 8. The van der Waals surface area contributed by atoms with Gasteiger partial charge in [0.2, 0.25) is 0 Å². The first-order valence-corrected chi connectivity index (χ1v) is 9.95. The molecule has 1 amide bonds. The molecule has 6 nitrogen and oxygen atoms in total. The molecule has 156 valence electrons. The number of hydrogen-bond donors (Lipinski definition) is 2. The summed E-state index contributed by atoms with van der Waals surface area (Å²) in [4.78, 5) is 20.3. The van der Waals surface area contributed by atoms with Crippen molar-refractivity contribution in [2.45, 2.75) is 19.4 Å². The number of benzene rings is 2. The minimum absolute atomic E-state index is 0.0220. The van der Waals surface area contributed by atoms with E-state index < -0.39 is 0 Å².